The fourth-order valence-corrected chi connectivity index (χ4v) is 5.51. The van der Waals surface area contributed by atoms with Crippen LogP contribution in [0.2, 0.25) is 10.0 Å². The Balaban J connectivity index is 2.07. The summed E-state index contributed by atoms with van der Waals surface area (Å²) in [7, 11) is -3.94. The van der Waals surface area contributed by atoms with Crippen molar-refractivity contribution >= 4 is 50.7 Å². The molecule has 0 fully saturated rings. The molecule has 1 N–H and O–H groups in total. The standard InChI is InChI=1S/C29H33Cl2N3O4S/c1-4-16-32-29(36)26(18-22-11-6-5-7-12-22)33(19-23-13-8-10-21(2)17-23)27(35)20-34(39(3,37)38)25-15-9-14-24(30)28(25)31/h5-15,17,26H,4,16,18-20H2,1-3H3,(H,32,36). The molecular weight excluding hydrogens is 557 g/mol. The summed E-state index contributed by atoms with van der Waals surface area (Å²) in [5, 5.41) is 3.09. The van der Waals surface area contributed by atoms with Crippen LogP contribution in [0.4, 0.5) is 5.69 Å². The molecule has 1 unspecified atom stereocenters. The van der Waals surface area contributed by atoms with Crippen LogP contribution in [-0.4, -0.2) is 50.5 Å². The molecule has 0 spiro atoms. The van der Waals surface area contributed by atoms with Crippen molar-refractivity contribution < 1.29 is 18.0 Å². The van der Waals surface area contributed by atoms with Crippen molar-refractivity contribution in [2.45, 2.75) is 39.3 Å². The molecule has 3 aromatic carbocycles. The summed E-state index contributed by atoms with van der Waals surface area (Å²) >= 11 is 12.5. The maximum Gasteiger partial charge on any atom is 0.244 e. The number of halogens is 2. The Labute approximate surface area is 240 Å². The summed E-state index contributed by atoms with van der Waals surface area (Å²) in [5.74, 6) is -0.862. The van der Waals surface area contributed by atoms with Gasteiger partial charge in [-0.15, -0.1) is 0 Å². The number of amides is 2. The lowest BCUT2D eigenvalue weighted by Gasteiger charge is -2.33. The minimum Gasteiger partial charge on any atom is -0.354 e. The second-order valence-corrected chi connectivity index (χ2v) is 12.0. The van der Waals surface area contributed by atoms with E-state index < -0.39 is 28.5 Å². The van der Waals surface area contributed by atoms with Crippen molar-refractivity contribution in [3.63, 3.8) is 0 Å². The van der Waals surface area contributed by atoms with Gasteiger partial charge in [0.2, 0.25) is 21.8 Å². The Bertz CT molecular complexity index is 1400. The average molecular weight is 591 g/mol. The first kappa shape index (κ1) is 30.5. The first-order valence-corrected chi connectivity index (χ1v) is 15.2. The molecule has 0 aromatic heterocycles. The Morgan fingerprint density at radius 3 is 2.26 bits per heavy atom. The molecule has 0 heterocycles. The van der Waals surface area contributed by atoms with E-state index in [1.807, 2.05) is 68.4 Å². The van der Waals surface area contributed by atoms with Crippen molar-refractivity contribution in [1.29, 1.82) is 0 Å². The van der Waals surface area contributed by atoms with Gasteiger partial charge in [0.1, 0.15) is 12.6 Å². The van der Waals surface area contributed by atoms with Gasteiger partial charge in [0.15, 0.2) is 0 Å². The zero-order valence-corrected chi connectivity index (χ0v) is 24.6. The lowest BCUT2D eigenvalue weighted by Crippen LogP contribution is -2.53. The van der Waals surface area contributed by atoms with Gasteiger partial charge < -0.3 is 10.2 Å². The molecule has 3 aromatic rings. The van der Waals surface area contributed by atoms with Crippen molar-refractivity contribution in [1.82, 2.24) is 10.2 Å². The predicted molar refractivity (Wildman–Crippen MR) is 158 cm³/mol. The van der Waals surface area contributed by atoms with Crippen molar-refractivity contribution in [2.24, 2.45) is 0 Å². The summed E-state index contributed by atoms with van der Waals surface area (Å²) < 4.78 is 26.7. The molecule has 208 valence electrons. The molecule has 1 atom stereocenters. The monoisotopic (exact) mass is 589 g/mol. The van der Waals surface area contributed by atoms with Crippen LogP contribution < -0.4 is 9.62 Å². The molecular formula is C29H33Cl2N3O4S. The van der Waals surface area contributed by atoms with Crippen LogP contribution >= 0.6 is 23.2 Å². The maximum absolute atomic E-state index is 14.0. The zero-order chi connectivity index (χ0) is 28.6. The van der Waals surface area contributed by atoms with E-state index in [1.54, 1.807) is 6.07 Å². The summed E-state index contributed by atoms with van der Waals surface area (Å²) in [4.78, 5) is 29.0. The predicted octanol–water partition coefficient (Wildman–Crippen LogP) is 5.23. The number of rotatable bonds is 12. The normalized spacial score (nSPS) is 12.0. The molecule has 0 aliphatic rings. The number of aryl methyl sites for hydroxylation is 1. The Hall–Kier alpha value is -3.07. The van der Waals surface area contributed by atoms with Crippen LogP contribution in [0.1, 0.15) is 30.0 Å². The van der Waals surface area contributed by atoms with E-state index in [0.29, 0.717) is 6.54 Å². The second kappa shape index (κ2) is 13.8. The molecule has 2 amide bonds. The number of hydrogen-bond acceptors (Lipinski definition) is 4. The summed E-state index contributed by atoms with van der Waals surface area (Å²) in [6.07, 6.45) is 1.98. The number of hydrogen-bond donors (Lipinski definition) is 1. The van der Waals surface area contributed by atoms with Crippen molar-refractivity contribution in [2.75, 3.05) is 23.7 Å². The summed E-state index contributed by atoms with van der Waals surface area (Å²) in [6.45, 7) is 3.89. The maximum atomic E-state index is 14.0. The molecule has 7 nitrogen and oxygen atoms in total. The zero-order valence-electron chi connectivity index (χ0n) is 22.2. The van der Waals surface area contributed by atoms with E-state index in [9.17, 15) is 18.0 Å². The first-order chi connectivity index (χ1) is 18.5. The Kier molecular flexibility index (Phi) is 10.8. The van der Waals surface area contributed by atoms with E-state index in [1.165, 1.54) is 17.0 Å². The van der Waals surface area contributed by atoms with Crippen molar-refractivity contribution in [3.8, 4) is 0 Å². The third kappa shape index (κ3) is 8.46. The lowest BCUT2D eigenvalue weighted by molar-refractivity contribution is -0.140. The third-order valence-electron chi connectivity index (χ3n) is 6.13. The molecule has 10 heteroatoms. The van der Waals surface area contributed by atoms with E-state index in [-0.39, 0.29) is 34.6 Å². The van der Waals surface area contributed by atoms with Gasteiger partial charge in [0, 0.05) is 19.5 Å². The highest BCUT2D eigenvalue weighted by Crippen LogP contribution is 2.33. The SMILES string of the molecule is CCCNC(=O)C(Cc1ccccc1)N(Cc1cccc(C)c1)C(=O)CN(c1cccc(Cl)c1Cl)S(C)(=O)=O. The number of nitrogens with one attached hydrogen (secondary N) is 1. The molecule has 0 saturated carbocycles. The molecule has 0 aliphatic heterocycles. The number of nitrogens with zero attached hydrogens (tertiary/aromatic N) is 2. The van der Waals surface area contributed by atoms with Gasteiger partial charge in [-0.1, -0.05) is 96.4 Å². The molecule has 39 heavy (non-hydrogen) atoms. The highest BCUT2D eigenvalue weighted by molar-refractivity contribution is 7.92. The summed E-state index contributed by atoms with van der Waals surface area (Å²) in [5.41, 5.74) is 2.77. The van der Waals surface area contributed by atoms with Gasteiger partial charge in [-0.3, -0.25) is 13.9 Å². The van der Waals surface area contributed by atoms with E-state index >= 15 is 0 Å². The summed E-state index contributed by atoms with van der Waals surface area (Å²) in [6, 6.07) is 20.7. The van der Waals surface area contributed by atoms with E-state index in [4.69, 9.17) is 23.2 Å². The van der Waals surface area contributed by atoms with Gasteiger partial charge in [-0.2, -0.15) is 0 Å². The minimum atomic E-state index is -3.94. The van der Waals surface area contributed by atoms with E-state index in [0.717, 1.165) is 33.7 Å². The highest BCUT2D eigenvalue weighted by Gasteiger charge is 2.33. The Morgan fingerprint density at radius 2 is 1.62 bits per heavy atom. The Morgan fingerprint density at radius 1 is 0.949 bits per heavy atom. The number of sulfonamides is 1. The largest absolute Gasteiger partial charge is 0.354 e. The molecule has 0 bridgehead atoms. The number of carbonyl (C=O) groups is 2. The first-order valence-electron chi connectivity index (χ1n) is 12.6. The average Bonchev–Trinajstić information content (AvgIpc) is 2.89. The quantitative estimate of drug-likeness (QED) is 0.313. The molecule has 3 rings (SSSR count). The minimum absolute atomic E-state index is 0.0177. The van der Waals surface area contributed by atoms with Crippen LogP contribution in [0.25, 0.3) is 0 Å². The van der Waals surface area contributed by atoms with Gasteiger partial charge in [-0.05, 0) is 36.6 Å². The second-order valence-electron chi connectivity index (χ2n) is 9.35. The van der Waals surface area contributed by atoms with E-state index in [2.05, 4.69) is 5.32 Å². The fourth-order valence-electron chi connectivity index (χ4n) is 4.21. The number of carbonyl (C=O) groups excluding carboxylic acids is 2. The van der Waals surface area contributed by atoms with Gasteiger partial charge in [-0.25, -0.2) is 8.42 Å². The van der Waals surface area contributed by atoms with Crippen LogP contribution in [0.15, 0.2) is 72.8 Å². The number of benzene rings is 3. The van der Waals surface area contributed by atoms with Crippen LogP contribution in [0, 0.1) is 6.92 Å². The van der Waals surface area contributed by atoms with Crippen LogP contribution in [0.5, 0.6) is 0 Å². The lowest BCUT2D eigenvalue weighted by atomic mass is 10.0. The van der Waals surface area contributed by atoms with Gasteiger partial charge in [0.25, 0.3) is 0 Å². The topological polar surface area (TPSA) is 86.8 Å². The number of anilines is 1. The molecule has 0 radical (unpaired) electrons. The van der Waals surface area contributed by atoms with Gasteiger partial charge in [0.05, 0.1) is 22.0 Å². The van der Waals surface area contributed by atoms with Crippen LogP contribution in [-0.2, 0) is 32.6 Å². The molecule has 0 aliphatic carbocycles. The molecule has 0 saturated heterocycles. The fraction of sp³-hybridized carbons (Fsp3) is 0.310. The smallest absolute Gasteiger partial charge is 0.244 e. The van der Waals surface area contributed by atoms with Gasteiger partial charge >= 0.3 is 0 Å². The highest BCUT2D eigenvalue weighted by atomic mass is 35.5. The van der Waals surface area contributed by atoms with Crippen molar-refractivity contribution in [3.05, 3.63) is 99.5 Å². The van der Waals surface area contributed by atoms with Crippen LogP contribution in [0.3, 0.4) is 0 Å². The third-order valence-corrected chi connectivity index (χ3v) is 8.07.